The number of rotatable bonds is 0. The molecule has 0 saturated heterocycles. The largest absolute Gasteiger partial charge is 0.173 e. The molecule has 0 aliphatic carbocycles. The molecule has 0 aromatic rings. The van der Waals surface area contributed by atoms with Crippen LogP contribution in [-0.4, -0.2) is 11.6 Å². The second-order valence-electron chi connectivity index (χ2n) is 0.720. The third kappa shape index (κ3) is 0.534. The summed E-state index contributed by atoms with van der Waals surface area (Å²) in [5.41, 5.74) is 0. The van der Waals surface area contributed by atoms with E-state index in [1.165, 1.54) is 11.9 Å². The van der Waals surface area contributed by atoms with Gasteiger partial charge in [0.1, 0.15) is 0 Å². The van der Waals surface area contributed by atoms with Gasteiger partial charge in [-0.2, -0.15) is 4.40 Å². The Bertz CT molecular complexity index is 72.9. The Morgan fingerprint density at radius 3 is 3.20 bits per heavy atom. The van der Waals surface area contributed by atoms with Gasteiger partial charge in [0.15, 0.2) is 0 Å². The van der Waals surface area contributed by atoms with Gasteiger partial charge in [0.25, 0.3) is 0 Å². The molecule has 1 heterocycles. The molecule has 0 N–H and O–H groups in total. The Morgan fingerprint density at radius 2 is 3.00 bits per heavy atom. The first kappa shape index (κ1) is 3.01. The Hall–Kier alpha value is -0.200. The van der Waals surface area contributed by atoms with Gasteiger partial charge >= 0.3 is 0 Å². The Labute approximate surface area is 34.9 Å². The van der Waals surface area contributed by atoms with E-state index in [2.05, 4.69) is 10.3 Å². The molecule has 1 rings (SSSR count). The average molecular weight is 85.1 g/mol. The maximum atomic E-state index is 3.69. The Kier molecular flexibility index (Phi) is 0.778. The smallest absolute Gasteiger partial charge is 0.0432 e. The van der Waals surface area contributed by atoms with Gasteiger partial charge in [0.2, 0.25) is 0 Å². The maximum Gasteiger partial charge on any atom is 0.0432 e. The van der Waals surface area contributed by atoms with Gasteiger partial charge in [-0.1, -0.05) is 0 Å². The molecule has 26 valence electrons. The van der Waals surface area contributed by atoms with E-state index in [0.29, 0.717) is 0 Å². The molecule has 0 amide bonds. The third-order valence-electron chi connectivity index (χ3n) is 0.366. The van der Waals surface area contributed by atoms with Crippen LogP contribution in [0.25, 0.3) is 0 Å². The average Bonchev–Trinajstić information content (AvgIpc) is 1.76. The molecule has 2 heteroatoms. The van der Waals surface area contributed by atoms with Crippen LogP contribution in [0.5, 0.6) is 0 Å². The third-order valence-corrected chi connectivity index (χ3v) is 0.917. The first-order chi connectivity index (χ1) is 2.50. The molecule has 1 aliphatic heterocycles. The lowest BCUT2D eigenvalue weighted by atomic mass is 10.7. The topological polar surface area (TPSA) is 12.4 Å². The molecule has 0 aromatic heterocycles. The van der Waals surface area contributed by atoms with Crippen LogP contribution in [0.1, 0.15) is 0 Å². The van der Waals surface area contributed by atoms with Crippen molar-refractivity contribution >= 4 is 17.8 Å². The normalized spacial score (nSPS) is 17.6. The van der Waals surface area contributed by atoms with Crippen molar-refractivity contribution in [2.45, 2.75) is 0 Å². The van der Waals surface area contributed by atoms with Crippen LogP contribution < -0.4 is 0 Å². The lowest BCUT2D eigenvalue weighted by molar-refractivity contribution is 1.88. The van der Waals surface area contributed by atoms with Crippen LogP contribution in [0, 0.1) is 0 Å². The summed E-state index contributed by atoms with van der Waals surface area (Å²) in [7, 11) is 0. The predicted octanol–water partition coefficient (Wildman–Crippen LogP) is 0.874. The summed E-state index contributed by atoms with van der Waals surface area (Å²) in [6.45, 7) is 0. The second kappa shape index (κ2) is 1.29. The zero-order valence-corrected chi connectivity index (χ0v) is 3.46. The van der Waals surface area contributed by atoms with Crippen LogP contribution in [0.4, 0.5) is 0 Å². The van der Waals surface area contributed by atoms with E-state index < -0.39 is 0 Å². The highest BCUT2D eigenvalue weighted by Crippen LogP contribution is 2.02. The monoisotopic (exact) mass is 85.0 g/mol. The Morgan fingerprint density at radius 1 is 2.00 bits per heavy atom. The zero-order valence-electron chi connectivity index (χ0n) is 2.64. The fourth-order valence-electron chi connectivity index (χ4n) is 0.186. The van der Waals surface area contributed by atoms with E-state index in [1.807, 2.05) is 6.08 Å². The van der Waals surface area contributed by atoms with E-state index in [0.717, 1.165) is 5.75 Å². The highest BCUT2D eigenvalue weighted by Gasteiger charge is 1.78. The fourth-order valence-corrected chi connectivity index (χ4v) is 0.559. The van der Waals surface area contributed by atoms with Gasteiger partial charge in [-0.05, 0) is 23.9 Å². The first-order valence-electron chi connectivity index (χ1n) is 1.39. The van der Waals surface area contributed by atoms with E-state index in [9.17, 15) is 0 Å². The molecular weight excluding hydrogens is 82.1 g/mol. The maximum absolute atomic E-state index is 3.69. The number of hydrogen-bond acceptors (Lipinski definition) is 2. The fraction of sp³-hybridized carbons (Fsp3) is 0.333. The van der Waals surface area contributed by atoms with Crippen LogP contribution >= 0.6 is 11.9 Å². The van der Waals surface area contributed by atoms with Crippen LogP contribution in [0.3, 0.4) is 0 Å². The highest BCUT2D eigenvalue weighted by molar-refractivity contribution is 7.98. The highest BCUT2D eigenvalue weighted by atomic mass is 32.2. The van der Waals surface area contributed by atoms with E-state index in [4.69, 9.17) is 0 Å². The van der Waals surface area contributed by atoms with Crippen molar-refractivity contribution in [3.8, 4) is 0 Å². The van der Waals surface area contributed by atoms with Crippen molar-refractivity contribution in [2.75, 3.05) is 5.75 Å². The minimum atomic E-state index is 1.01. The molecule has 0 spiro atoms. The molecule has 0 fully saturated rings. The summed E-state index contributed by atoms with van der Waals surface area (Å²) < 4.78 is 3.69. The van der Waals surface area contributed by atoms with E-state index in [1.54, 1.807) is 0 Å². The van der Waals surface area contributed by atoms with Gasteiger partial charge in [-0.15, -0.1) is 0 Å². The zero-order chi connectivity index (χ0) is 3.54. The summed E-state index contributed by atoms with van der Waals surface area (Å²) in [4.78, 5) is 0. The van der Waals surface area contributed by atoms with Crippen molar-refractivity contribution in [2.24, 2.45) is 4.40 Å². The summed E-state index contributed by atoms with van der Waals surface area (Å²) in [6.07, 6.45) is 1.91. The van der Waals surface area contributed by atoms with Gasteiger partial charge in [0, 0.05) is 5.75 Å². The molecule has 0 aromatic carbocycles. The summed E-state index contributed by atoms with van der Waals surface area (Å²) in [5, 5.41) is 0. The van der Waals surface area contributed by atoms with Gasteiger partial charge in [-0.25, -0.2) is 0 Å². The SMILES string of the molecule is C1=CCSN=1. The summed E-state index contributed by atoms with van der Waals surface area (Å²) in [5.74, 6) is 3.70. The van der Waals surface area contributed by atoms with Crippen LogP contribution in [0.15, 0.2) is 10.5 Å². The number of nitrogens with zero attached hydrogens (tertiary/aromatic N) is 1. The van der Waals surface area contributed by atoms with Gasteiger partial charge in [-0.3, -0.25) is 0 Å². The number of hydrogen-bond donors (Lipinski definition) is 0. The van der Waals surface area contributed by atoms with Crippen LogP contribution in [0.2, 0.25) is 0 Å². The molecule has 0 saturated carbocycles. The summed E-state index contributed by atoms with van der Waals surface area (Å²) in [6, 6.07) is 0. The second-order valence-corrected chi connectivity index (χ2v) is 1.49. The molecule has 0 unspecified atom stereocenters. The van der Waals surface area contributed by atoms with Gasteiger partial charge in [0.05, 0.1) is 0 Å². The standard InChI is InChI=1S/C3H3NS/c1-2-4-5-3-1/h1H,3H2. The quantitative estimate of drug-likeness (QED) is 0.398. The molecule has 1 nitrogen and oxygen atoms in total. The molecule has 0 radical (unpaired) electrons. The summed E-state index contributed by atoms with van der Waals surface area (Å²) >= 11 is 1.53. The minimum Gasteiger partial charge on any atom is -0.173 e. The lowest BCUT2D eigenvalue weighted by Crippen LogP contribution is -1.50. The minimum absolute atomic E-state index is 1.01. The predicted molar refractivity (Wildman–Crippen MR) is 24.5 cm³/mol. The van der Waals surface area contributed by atoms with Crippen molar-refractivity contribution < 1.29 is 0 Å². The van der Waals surface area contributed by atoms with Crippen molar-refractivity contribution in [3.05, 3.63) is 6.08 Å². The van der Waals surface area contributed by atoms with E-state index >= 15 is 0 Å². The van der Waals surface area contributed by atoms with Crippen molar-refractivity contribution in [3.63, 3.8) is 0 Å². The molecule has 1 aliphatic rings. The molecule has 0 atom stereocenters. The Balaban J connectivity index is 2.64. The van der Waals surface area contributed by atoms with E-state index in [-0.39, 0.29) is 0 Å². The van der Waals surface area contributed by atoms with Crippen molar-refractivity contribution in [1.82, 2.24) is 0 Å². The van der Waals surface area contributed by atoms with Crippen LogP contribution in [-0.2, 0) is 0 Å². The molecular formula is C3H3NS. The molecule has 5 heavy (non-hydrogen) atoms. The lowest BCUT2D eigenvalue weighted by Gasteiger charge is -1.64. The van der Waals surface area contributed by atoms with Crippen molar-refractivity contribution in [1.29, 1.82) is 0 Å². The van der Waals surface area contributed by atoms with Gasteiger partial charge < -0.3 is 0 Å². The first-order valence-corrected chi connectivity index (χ1v) is 2.33. The molecule has 0 bridgehead atoms.